The van der Waals surface area contributed by atoms with E-state index in [1.807, 2.05) is 54.6 Å². The lowest BCUT2D eigenvalue weighted by atomic mass is 9.77. The third kappa shape index (κ3) is 4.09. The Morgan fingerprint density at radius 2 is 1.56 bits per heavy atom. The summed E-state index contributed by atoms with van der Waals surface area (Å²) in [5.41, 5.74) is 5.43. The van der Waals surface area contributed by atoms with Gasteiger partial charge in [0, 0.05) is 23.5 Å². The Morgan fingerprint density at radius 1 is 0.833 bits per heavy atom. The van der Waals surface area contributed by atoms with Crippen LogP contribution in [0.4, 0.5) is 13.2 Å². The summed E-state index contributed by atoms with van der Waals surface area (Å²) in [7, 11) is 0. The van der Waals surface area contributed by atoms with Gasteiger partial charge in [0.2, 0.25) is 0 Å². The third-order valence-electron chi connectivity index (χ3n) is 6.79. The number of aliphatic hydroxyl groups is 1. The largest absolute Gasteiger partial charge is 0.392 e. The maximum absolute atomic E-state index is 12.9. The molecule has 0 amide bonds. The van der Waals surface area contributed by atoms with E-state index >= 15 is 0 Å². The fraction of sp³-hybridized carbons (Fsp3) is 0.259. The first-order valence-corrected chi connectivity index (χ1v) is 11.8. The van der Waals surface area contributed by atoms with E-state index in [9.17, 15) is 18.3 Å². The van der Waals surface area contributed by atoms with E-state index in [1.165, 1.54) is 0 Å². The van der Waals surface area contributed by atoms with Crippen molar-refractivity contribution < 1.29 is 18.3 Å². The van der Waals surface area contributed by atoms with E-state index in [4.69, 9.17) is 9.97 Å². The van der Waals surface area contributed by atoms with Crippen molar-refractivity contribution >= 4 is 16.8 Å². The van der Waals surface area contributed by atoms with Crippen molar-refractivity contribution in [1.29, 1.82) is 0 Å². The van der Waals surface area contributed by atoms with Gasteiger partial charge in [0.1, 0.15) is 11.3 Å². The number of aliphatic hydroxyl groups excluding tert-OH is 1. The lowest BCUT2D eigenvalue weighted by Gasteiger charge is -2.32. The molecule has 2 aromatic carbocycles. The summed E-state index contributed by atoms with van der Waals surface area (Å²) in [5.74, 6) is 0.352. The van der Waals surface area contributed by atoms with Gasteiger partial charge in [-0.05, 0) is 30.5 Å². The molecule has 6 rings (SSSR count). The number of alkyl halides is 3. The topological polar surface area (TPSA) is 76.2 Å². The first-order chi connectivity index (χ1) is 17.4. The molecule has 5 aromatic rings. The summed E-state index contributed by atoms with van der Waals surface area (Å²) in [6.45, 7) is 0. The van der Waals surface area contributed by atoms with E-state index in [1.54, 1.807) is 16.5 Å². The molecule has 2 atom stereocenters. The van der Waals surface area contributed by atoms with Gasteiger partial charge in [0.25, 0.3) is 0 Å². The quantitative estimate of drug-likeness (QED) is 0.341. The van der Waals surface area contributed by atoms with Crippen molar-refractivity contribution in [3.8, 4) is 22.5 Å². The molecule has 1 fully saturated rings. The minimum atomic E-state index is -4.30. The molecular formula is C27H22F3N5O. The van der Waals surface area contributed by atoms with Gasteiger partial charge in [-0.25, -0.2) is 9.97 Å². The summed E-state index contributed by atoms with van der Waals surface area (Å²) in [6.07, 6.45) is -4.10. The molecule has 36 heavy (non-hydrogen) atoms. The second-order valence-corrected chi connectivity index (χ2v) is 9.13. The molecule has 3 heterocycles. The van der Waals surface area contributed by atoms with Crippen molar-refractivity contribution in [2.75, 3.05) is 0 Å². The zero-order valence-corrected chi connectivity index (χ0v) is 19.2. The number of hydrogen-bond acceptors (Lipinski definition) is 5. The summed E-state index contributed by atoms with van der Waals surface area (Å²) in [6, 6.07) is 21.0. The lowest BCUT2D eigenvalue weighted by Crippen LogP contribution is -2.28. The highest BCUT2D eigenvalue weighted by Crippen LogP contribution is 2.38. The van der Waals surface area contributed by atoms with Crippen molar-refractivity contribution in [2.45, 2.75) is 43.9 Å². The zero-order valence-electron chi connectivity index (χ0n) is 19.2. The first kappa shape index (κ1) is 22.6. The van der Waals surface area contributed by atoms with Crippen molar-refractivity contribution in [3.63, 3.8) is 0 Å². The van der Waals surface area contributed by atoms with E-state index in [-0.39, 0.29) is 24.3 Å². The van der Waals surface area contributed by atoms with Gasteiger partial charge in [0.05, 0.1) is 23.9 Å². The van der Waals surface area contributed by atoms with Crippen LogP contribution >= 0.6 is 0 Å². The van der Waals surface area contributed by atoms with E-state index in [0.29, 0.717) is 28.2 Å². The minimum Gasteiger partial charge on any atom is -0.392 e. The predicted octanol–water partition coefficient (Wildman–Crippen LogP) is 5.74. The highest BCUT2D eigenvalue weighted by atomic mass is 19.4. The Bertz CT molecular complexity index is 1550. The van der Waals surface area contributed by atoms with Crippen LogP contribution in [0.5, 0.6) is 0 Å². The summed E-state index contributed by atoms with van der Waals surface area (Å²) in [5, 5.41) is 18.1. The zero-order chi connectivity index (χ0) is 24.9. The number of aromatic nitrogens is 5. The molecule has 1 saturated carbocycles. The second-order valence-electron chi connectivity index (χ2n) is 9.13. The molecule has 0 spiro atoms. The third-order valence-corrected chi connectivity index (χ3v) is 6.79. The van der Waals surface area contributed by atoms with Crippen LogP contribution in [0.25, 0.3) is 39.3 Å². The van der Waals surface area contributed by atoms with Crippen molar-refractivity contribution in [1.82, 2.24) is 24.6 Å². The van der Waals surface area contributed by atoms with Gasteiger partial charge in [-0.2, -0.15) is 13.2 Å². The van der Waals surface area contributed by atoms with Gasteiger partial charge in [-0.15, -0.1) is 10.2 Å². The van der Waals surface area contributed by atoms with Gasteiger partial charge < -0.3 is 5.11 Å². The molecule has 2 unspecified atom stereocenters. The molecule has 0 radical (unpaired) electrons. The molecule has 1 N–H and O–H groups in total. The number of hydrogen-bond donors (Lipinski definition) is 1. The van der Waals surface area contributed by atoms with Crippen LogP contribution in [0.1, 0.15) is 36.6 Å². The van der Waals surface area contributed by atoms with Crippen molar-refractivity contribution in [3.05, 3.63) is 78.1 Å². The molecule has 0 saturated heterocycles. The normalized spacial score (nSPS) is 18.0. The number of aryl methyl sites for hydroxylation is 1. The first-order valence-electron chi connectivity index (χ1n) is 11.8. The maximum Gasteiger partial charge on any atom is 0.389 e. The summed E-state index contributed by atoms with van der Waals surface area (Å²) < 4.78 is 40.3. The second kappa shape index (κ2) is 8.67. The number of halogens is 3. The van der Waals surface area contributed by atoms with E-state index in [0.717, 1.165) is 29.5 Å². The standard InChI is InChI=1S/C27H22F3N5O/c28-27(29,30)15-14-23-34-33-22-13-11-20-26(35(22)23)32-25(17-4-2-1-3-5-17)24(31-20)18-8-6-16(7-9-18)19-10-12-21(19)36/h1-9,11,13,19,21,36H,10,12,14-15H2. The molecule has 182 valence electrons. The van der Waals surface area contributed by atoms with Gasteiger partial charge in [-0.3, -0.25) is 4.40 Å². The minimum absolute atomic E-state index is 0.160. The molecule has 6 nitrogen and oxygen atoms in total. The average molecular weight is 490 g/mol. The van der Waals surface area contributed by atoms with Crippen LogP contribution in [-0.2, 0) is 6.42 Å². The summed E-state index contributed by atoms with van der Waals surface area (Å²) >= 11 is 0. The molecule has 9 heteroatoms. The SMILES string of the molecule is OC1CCC1c1ccc(-c2nc3ccc4nnc(CCC(F)(F)F)n4c3nc2-c2ccccc2)cc1. The molecule has 3 aromatic heterocycles. The van der Waals surface area contributed by atoms with Crippen molar-refractivity contribution in [2.24, 2.45) is 0 Å². The molecule has 1 aliphatic rings. The fourth-order valence-electron chi connectivity index (χ4n) is 4.71. The predicted molar refractivity (Wildman–Crippen MR) is 129 cm³/mol. The van der Waals surface area contributed by atoms with Crippen LogP contribution in [-0.4, -0.2) is 42.0 Å². The highest BCUT2D eigenvalue weighted by molar-refractivity contribution is 5.86. The molecule has 0 aliphatic heterocycles. The Hall–Kier alpha value is -3.85. The molecular weight excluding hydrogens is 467 g/mol. The van der Waals surface area contributed by atoms with Crippen LogP contribution in [0.3, 0.4) is 0 Å². The monoisotopic (exact) mass is 489 g/mol. The van der Waals surface area contributed by atoms with Crippen LogP contribution in [0.15, 0.2) is 66.7 Å². The van der Waals surface area contributed by atoms with Gasteiger partial charge >= 0.3 is 6.18 Å². The Morgan fingerprint density at radius 3 is 2.22 bits per heavy atom. The summed E-state index contributed by atoms with van der Waals surface area (Å²) in [4.78, 5) is 9.84. The number of benzene rings is 2. The van der Waals surface area contributed by atoms with E-state index in [2.05, 4.69) is 10.2 Å². The van der Waals surface area contributed by atoms with Crippen LogP contribution in [0, 0.1) is 0 Å². The Labute approximate surface area is 204 Å². The number of fused-ring (bicyclic) bond motifs is 3. The highest BCUT2D eigenvalue weighted by Gasteiger charge is 2.30. The average Bonchev–Trinajstić information content (AvgIpc) is 3.30. The maximum atomic E-state index is 12.9. The Balaban J connectivity index is 1.51. The number of pyridine rings is 1. The lowest BCUT2D eigenvalue weighted by molar-refractivity contribution is -0.134. The number of nitrogens with zero attached hydrogens (tertiary/aromatic N) is 5. The Kier molecular flexibility index (Phi) is 5.44. The molecule has 1 aliphatic carbocycles. The fourth-order valence-corrected chi connectivity index (χ4v) is 4.71. The van der Waals surface area contributed by atoms with Crippen LogP contribution < -0.4 is 0 Å². The van der Waals surface area contributed by atoms with Gasteiger partial charge in [-0.1, -0.05) is 54.6 Å². The number of rotatable bonds is 5. The smallest absolute Gasteiger partial charge is 0.389 e. The van der Waals surface area contributed by atoms with E-state index < -0.39 is 12.6 Å². The molecule has 0 bridgehead atoms. The van der Waals surface area contributed by atoms with Crippen LogP contribution in [0.2, 0.25) is 0 Å². The van der Waals surface area contributed by atoms with Gasteiger partial charge in [0.15, 0.2) is 11.3 Å².